The van der Waals surface area contributed by atoms with Gasteiger partial charge in [0.1, 0.15) is 0 Å². The van der Waals surface area contributed by atoms with Gasteiger partial charge in [-0.25, -0.2) is 0 Å². The molecule has 106 valence electrons. The van der Waals surface area contributed by atoms with Gasteiger partial charge in [-0.05, 0) is 29.6 Å². The van der Waals surface area contributed by atoms with Gasteiger partial charge in [0, 0.05) is 6.54 Å². The van der Waals surface area contributed by atoms with Gasteiger partial charge in [0.05, 0.1) is 19.3 Å². The van der Waals surface area contributed by atoms with Crippen LogP contribution >= 0.6 is 0 Å². The van der Waals surface area contributed by atoms with Gasteiger partial charge in [-0.3, -0.25) is 4.90 Å². The van der Waals surface area contributed by atoms with E-state index in [1.165, 1.54) is 11.1 Å². The lowest BCUT2D eigenvalue weighted by atomic mass is 9.90. The molecule has 1 aliphatic heterocycles. The van der Waals surface area contributed by atoms with Crippen LogP contribution in [-0.2, 0) is 11.3 Å². The van der Waals surface area contributed by atoms with Gasteiger partial charge in [-0.15, -0.1) is 0 Å². The Morgan fingerprint density at radius 1 is 1.37 bits per heavy atom. The molecule has 19 heavy (non-hydrogen) atoms. The van der Waals surface area contributed by atoms with Gasteiger partial charge in [-0.2, -0.15) is 0 Å². The normalized spacial score (nSPS) is 19.5. The van der Waals surface area contributed by atoms with Crippen molar-refractivity contribution >= 4 is 0 Å². The Labute approximate surface area is 116 Å². The maximum Gasteiger partial charge on any atom is 0.0721 e. The number of likely N-dealkylation sites (N-methyl/N-ethyl adjacent to an activating group) is 1. The smallest absolute Gasteiger partial charge is 0.0721 e. The molecule has 0 saturated heterocycles. The molecule has 2 N–H and O–H groups in total. The number of nitrogens with two attached hydrogens (primary N) is 1. The van der Waals surface area contributed by atoms with Crippen molar-refractivity contribution < 1.29 is 4.74 Å². The Bertz CT molecular complexity index is 417. The molecule has 0 radical (unpaired) electrons. The summed E-state index contributed by atoms with van der Waals surface area (Å²) < 4.78 is 5.77. The van der Waals surface area contributed by atoms with Crippen LogP contribution in [0.1, 0.15) is 37.9 Å². The van der Waals surface area contributed by atoms with Crippen LogP contribution in [0.4, 0.5) is 0 Å². The van der Waals surface area contributed by atoms with Crippen LogP contribution in [0.5, 0.6) is 0 Å². The quantitative estimate of drug-likeness (QED) is 0.886. The summed E-state index contributed by atoms with van der Waals surface area (Å²) in [5.74, 6) is 0. The molecule has 1 aromatic carbocycles. The molecule has 0 saturated carbocycles. The third-order valence-electron chi connectivity index (χ3n) is 3.98. The number of hydrogen-bond acceptors (Lipinski definition) is 3. The Hall–Kier alpha value is -0.900. The van der Waals surface area contributed by atoms with E-state index in [-0.39, 0.29) is 5.41 Å². The van der Waals surface area contributed by atoms with E-state index in [0.717, 1.165) is 26.3 Å². The predicted molar refractivity (Wildman–Crippen MR) is 78.9 cm³/mol. The molecule has 0 spiro atoms. The summed E-state index contributed by atoms with van der Waals surface area (Å²) in [4.78, 5) is 2.49. The summed E-state index contributed by atoms with van der Waals surface area (Å²) in [6, 6.07) is 8.98. The second-order valence-electron chi connectivity index (χ2n) is 6.16. The molecule has 0 amide bonds. The molecular weight excluding hydrogens is 236 g/mol. The van der Waals surface area contributed by atoms with E-state index in [4.69, 9.17) is 10.5 Å². The summed E-state index contributed by atoms with van der Waals surface area (Å²) in [7, 11) is 0. The predicted octanol–water partition coefficient (Wildman–Crippen LogP) is 2.56. The number of rotatable bonds is 5. The number of hydrogen-bond donors (Lipinski definition) is 1. The van der Waals surface area contributed by atoms with E-state index in [1.807, 2.05) is 0 Å². The van der Waals surface area contributed by atoms with Crippen LogP contribution in [-0.4, -0.2) is 31.1 Å². The molecular formula is C16H26N2O. The third kappa shape index (κ3) is 3.35. The second-order valence-corrected chi connectivity index (χ2v) is 6.16. The summed E-state index contributed by atoms with van der Waals surface area (Å²) in [6.45, 7) is 10.9. The van der Waals surface area contributed by atoms with Gasteiger partial charge in [-0.1, -0.05) is 45.0 Å². The molecule has 1 heterocycles. The maximum atomic E-state index is 5.88. The highest BCUT2D eigenvalue weighted by Gasteiger charge is 2.29. The molecule has 3 heteroatoms. The van der Waals surface area contributed by atoms with Crippen LogP contribution in [0, 0.1) is 5.41 Å². The van der Waals surface area contributed by atoms with Crippen molar-refractivity contribution in [2.45, 2.75) is 33.4 Å². The minimum absolute atomic E-state index is 0.141. The summed E-state index contributed by atoms with van der Waals surface area (Å²) in [6.07, 6.45) is 0. The monoisotopic (exact) mass is 262 g/mol. The topological polar surface area (TPSA) is 38.5 Å². The molecule has 0 fully saturated rings. The first-order chi connectivity index (χ1) is 9.07. The van der Waals surface area contributed by atoms with Gasteiger partial charge in [0.2, 0.25) is 0 Å². The van der Waals surface area contributed by atoms with Crippen LogP contribution in [0.25, 0.3) is 0 Å². The lowest BCUT2D eigenvalue weighted by molar-refractivity contribution is 0.0209. The van der Waals surface area contributed by atoms with E-state index >= 15 is 0 Å². The highest BCUT2D eigenvalue weighted by molar-refractivity contribution is 5.31. The zero-order valence-electron chi connectivity index (χ0n) is 12.4. The van der Waals surface area contributed by atoms with Crippen LogP contribution in [0.2, 0.25) is 0 Å². The number of nitrogens with zero attached hydrogens (tertiary/aromatic N) is 1. The van der Waals surface area contributed by atoms with Crippen molar-refractivity contribution in [3.63, 3.8) is 0 Å². The lowest BCUT2D eigenvalue weighted by Crippen LogP contribution is -2.43. The van der Waals surface area contributed by atoms with E-state index in [9.17, 15) is 0 Å². The summed E-state index contributed by atoms with van der Waals surface area (Å²) in [5.41, 5.74) is 8.76. The molecule has 1 aliphatic rings. The Morgan fingerprint density at radius 2 is 2.11 bits per heavy atom. The van der Waals surface area contributed by atoms with Gasteiger partial charge >= 0.3 is 0 Å². The highest BCUT2D eigenvalue weighted by atomic mass is 16.5. The van der Waals surface area contributed by atoms with Crippen molar-refractivity contribution in [3.05, 3.63) is 35.4 Å². The van der Waals surface area contributed by atoms with E-state index in [2.05, 4.69) is 49.9 Å². The second kappa shape index (κ2) is 6.04. The van der Waals surface area contributed by atoms with Crippen LogP contribution < -0.4 is 5.73 Å². The Kier molecular flexibility index (Phi) is 4.61. The number of fused-ring (bicyclic) bond motifs is 1. The molecule has 1 atom stereocenters. The number of benzene rings is 1. The fourth-order valence-electron chi connectivity index (χ4n) is 2.72. The molecule has 0 aliphatic carbocycles. The molecule has 3 nitrogen and oxygen atoms in total. The van der Waals surface area contributed by atoms with Crippen molar-refractivity contribution in [1.29, 1.82) is 0 Å². The van der Waals surface area contributed by atoms with E-state index < -0.39 is 0 Å². The fourth-order valence-corrected chi connectivity index (χ4v) is 2.72. The number of ether oxygens (including phenoxy) is 1. The van der Waals surface area contributed by atoms with Crippen LogP contribution in [0.15, 0.2) is 24.3 Å². The van der Waals surface area contributed by atoms with E-state index in [0.29, 0.717) is 12.6 Å². The van der Waals surface area contributed by atoms with Crippen molar-refractivity contribution in [3.8, 4) is 0 Å². The zero-order chi connectivity index (χ0) is 13.9. The van der Waals surface area contributed by atoms with Crippen molar-refractivity contribution in [1.82, 2.24) is 4.90 Å². The van der Waals surface area contributed by atoms with Crippen molar-refractivity contribution in [2.24, 2.45) is 11.1 Å². The minimum Gasteiger partial charge on any atom is -0.375 e. The van der Waals surface area contributed by atoms with Gasteiger partial charge in [0.25, 0.3) is 0 Å². The van der Waals surface area contributed by atoms with E-state index in [1.54, 1.807) is 0 Å². The third-order valence-corrected chi connectivity index (χ3v) is 3.98. The first kappa shape index (κ1) is 14.5. The highest BCUT2D eigenvalue weighted by Crippen LogP contribution is 2.31. The lowest BCUT2D eigenvalue weighted by Gasteiger charge is -2.39. The summed E-state index contributed by atoms with van der Waals surface area (Å²) in [5, 5.41) is 0. The maximum absolute atomic E-state index is 5.88. The minimum atomic E-state index is 0.141. The average Bonchev–Trinajstić information content (AvgIpc) is 2.44. The first-order valence-corrected chi connectivity index (χ1v) is 7.17. The largest absolute Gasteiger partial charge is 0.375 e. The van der Waals surface area contributed by atoms with Crippen molar-refractivity contribution in [2.75, 3.05) is 26.2 Å². The first-order valence-electron chi connectivity index (χ1n) is 7.17. The zero-order valence-corrected chi connectivity index (χ0v) is 12.4. The molecule has 0 aromatic heterocycles. The molecule has 0 bridgehead atoms. The average molecular weight is 262 g/mol. The Balaban J connectivity index is 2.20. The fraction of sp³-hybridized carbons (Fsp3) is 0.625. The van der Waals surface area contributed by atoms with Gasteiger partial charge in [0.15, 0.2) is 0 Å². The standard InChI is InChI=1S/C16H26N2O/c1-4-18(12-16(2,3)11-17)15-10-19-9-13-7-5-6-8-14(13)15/h5-8,15H,4,9-12,17H2,1-3H3. The SMILES string of the molecule is CCN(CC(C)(C)CN)C1COCc2ccccc21. The van der Waals surface area contributed by atoms with Gasteiger partial charge < -0.3 is 10.5 Å². The molecule has 1 aromatic rings. The molecule has 2 rings (SSSR count). The Morgan fingerprint density at radius 3 is 2.79 bits per heavy atom. The van der Waals surface area contributed by atoms with Crippen LogP contribution in [0.3, 0.4) is 0 Å². The molecule has 1 unspecified atom stereocenters. The summed E-state index contributed by atoms with van der Waals surface area (Å²) >= 11 is 0.